The van der Waals surface area contributed by atoms with Crippen LogP contribution in [0.5, 0.6) is 0 Å². The quantitative estimate of drug-likeness (QED) is 0.583. The molecule has 2 aromatic heterocycles. The lowest BCUT2D eigenvalue weighted by Crippen LogP contribution is -2.60. The Labute approximate surface area is 228 Å². The maximum absolute atomic E-state index is 14.1. The van der Waals surface area contributed by atoms with Gasteiger partial charge < -0.3 is 20.3 Å². The molecule has 2 unspecified atom stereocenters. The Morgan fingerprint density at radius 2 is 1.92 bits per heavy atom. The van der Waals surface area contributed by atoms with Crippen molar-refractivity contribution in [2.24, 2.45) is 28.6 Å². The number of rotatable bonds is 6. The van der Waals surface area contributed by atoms with Crippen molar-refractivity contribution in [2.75, 3.05) is 19.8 Å². The number of aromatic nitrogens is 2. The van der Waals surface area contributed by atoms with Crippen LogP contribution in [0.2, 0.25) is 0 Å². The van der Waals surface area contributed by atoms with Gasteiger partial charge in [0.25, 0.3) is 0 Å². The van der Waals surface area contributed by atoms with Crippen LogP contribution in [-0.4, -0.2) is 64.4 Å². The van der Waals surface area contributed by atoms with Crippen LogP contribution in [0.15, 0.2) is 30.9 Å². The lowest BCUT2D eigenvalue weighted by atomic mass is 9.84. The van der Waals surface area contributed by atoms with Gasteiger partial charge in [-0.1, -0.05) is 34.6 Å². The number of nitriles is 1. The summed E-state index contributed by atoms with van der Waals surface area (Å²) in [6.07, 6.45) is 7.18. The van der Waals surface area contributed by atoms with Gasteiger partial charge in [-0.15, -0.1) is 0 Å². The van der Waals surface area contributed by atoms with Crippen LogP contribution in [0.4, 0.5) is 0 Å². The average molecular weight is 533 g/mol. The van der Waals surface area contributed by atoms with Gasteiger partial charge in [0, 0.05) is 54.3 Å². The van der Waals surface area contributed by atoms with Gasteiger partial charge in [0.1, 0.15) is 18.1 Å². The van der Waals surface area contributed by atoms with Crippen LogP contribution in [-0.2, 0) is 19.1 Å². The fraction of sp³-hybridized carbons (Fsp3) is 0.586. The highest BCUT2D eigenvalue weighted by molar-refractivity contribution is 5.95. The summed E-state index contributed by atoms with van der Waals surface area (Å²) < 4.78 is 5.36. The smallest absolute Gasteiger partial charge is 0.246 e. The zero-order valence-corrected chi connectivity index (χ0v) is 23.1. The fourth-order valence-corrected chi connectivity index (χ4v) is 6.29. The summed E-state index contributed by atoms with van der Waals surface area (Å²) in [5, 5.41) is 17.4. The summed E-state index contributed by atoms with van der Waals surface area (Å²) >= 11 is 0. The van der Waals surface area contributed by atoms with Gasteiger partial charge >= 0.3 is 0 Å². The first-order valence-corrected chi connectivity index (χ1v) is 13.5. The van der Waals surface area contributed by atoms with E-state index in [1.807, 2.05) is 20.8 Å². The van der Waals surface area contributed by atoms with Gasteiger partial charge in [-0.05, 0) is 35.2 Å². The third kappa shape index (κ3) is 4.84. The zero-order chi connectivity index (χ0) is 28.1. The largest absolute Gasteiger partial charge is 0.381 e. The molecule has 2 aliphatic heterocycles. The minimum Gasteiger partial charge on any atom is -0.381 e. The minimum absolute atomic E-state index is 0.0346. The molecule has 3 amide bonds. The number of hydrogen-bond donors (Lipinski definition) is 2. The van der Waals surface area contributed by atoms with Gasteiger partial charge in [0.2, 0.25) is 17.7 Å². The van der Waals surface area contributed by atoms with E-state index in [2.05, 4.69) is 40.5 Å². The Morgan fingerprint density at radius 3 is 2.59 bits per heavy atom. The number of nitrogens with one attached hydrogen (secondary N) is 2. The molecule has 0 bridgehead atoms. The van der Waals surface area contributed by atoms with E-state index in [9.17, 15) is 19.6 Å². The van der Waals surface area contributed by atoms with E-state index in [-0.39, 0.29) is 40.9 Å². The SMILES string of the molecule is CC(C)(C)[C@H](NC(=O)C1CCOC1)C(=O)N1C[C@H]2[C@@H]([C@H]1C(=O)NC(C#N)c1cncc3ccncc13)C2(C)C. The highest BCUT2D eigenvalue weighted by atomic mass is 16.5. The van der Waals surface area contributed by atoms with Crippen LogP contribution in [0, 0.1) is 39.9 Å². The van der Waals surface area contributed by atoms with Gasteiger partial charge in [-0.3, -0.25) is 24.4 Å². The molecule has 5 rings (SSSR count). The first-order chi connectivity index (χ1) is 18.4. The number of carbonyl (C=O) groups is 3. The molecule has 2 N–H and O–H groups in total. The normalized spacial score (nSPS) is 26.8. The molecule has 2 saturated heterocycles. The van der Waals surface area contributed by atoms with Gasteiger partial charge in [-0.2, -0.15) is 5.26 Å². The molecule has 206 valence electrons. The van der Waals surface area contributed by atoms with E-state index < -0.39 is 23.5 Å². The maximum Gasteiger partial charge on any atom is 0.246 e. The van der Waals surface area contributed by atoms with E-state index in [0.717, 1.165) is 10.8 Å². The summed E-state index contributed by atoms with van der Waals surface area (Å²) in [6, 6.07) is 1.48. The number of hydrogen-bond acceptors (Lipinski definition) is 7. The van der Waals surface area contributed by atoms with E-state index in [4.69, 9.17) is 4.74 Å². The number of likely N-dealkylation sites (tertiary alicyclic amines) is 1. The van der Waals surface area contributed by atoms with Crippen LogP contribution in [0.3, 0.4) is 0 Å². The van der Waals surface area contributed by atoms with Crippen molar-refractivity contribution in [3.8, 4) is 6.07 Å². The van der Waals surface area contributed by atoms with Crippen molar-refractivity contribution in [1.29, 1.82) is 5.26 Å². The third-order valence-electron chi connectivity index (χ3n) is 8.78. The molecule has 39 heavy (non-hydrogen) atoms. The molecule has 2 aromatic rings. The summed E-state index contributed by atoms with van der Waals surface area (Å²) in [7, 11) is 0. The highest BCUT2D eigenvalue weighted by Crippen LogP contribution is 2.65. The standard InChI is InChI=1S/C29H36N6O4/c1-28(2,3)24(34-25(36)17-7-9-39-15-17)27(38)35-14-20-22(29(20,4)5)23(35)26(37)33-21(10-30)19-13-32-11-16-6-8-31-12-18(16)19/h6,8,11-13,17,20-24H,7,9,14-15H2,1-5H3,(H,33,37)(H,34,36)/t17?,20-,21?,22-,23-,24+/m0/s1. The first-order valence-electron chi connectivity index (χ1n) is 13.5. The minimum atomic E-state index is -0.962. The first kappa shape index (κ1) is 27.0. The van der Waals surface area contributed by atoms with Crippen LogP contribution >= 0.6 is 0 Å². The van der Waals surface area contributed by atoms with Gasteiger partial charge in [-0.25, -0.2) is 0 Å². The van der Waals surface area contributed by atoms with E-state index in [1.54, 1.807) is 35.8 Å². The Balaban J connectivity index is 1.40. The molecule has 6 atom stereocenters. The molecule has 10 heteroatoms. The lowest BCUT2D eigenvalue weighted by Gasteiger charge is -2.38. The topological polar surface area (TPSA) is 137 Å². The van der Waals surface area contributed by atoms with Crippen molar-refractivity contribution in [3.05, 3.63) is 36.4 Å². The second-order valence-corrected chi connectivity index (χ2v) is 12.7. The fourth-order valence-electron chi connectivity index (χ4n) is 6.29. The second-order valence-electron chi connectivity index (χ2n) is 12.7. The van der Waals surface area contributed by atoms with Crippen molar-refractivity contribution in [3.63, 3.8) is 0 Å². The zero-order valence-electron chi connectivity index (χ0n) is 23.1. The molecule has 3 fully saturated rings. The Kier molecular flexibility index (Phi) is 6.83. The highest BCUT2D eigenvalue weighted by Gasteiger charge is 2.69. The molecular formula is C29H36N6O4. The number of pyridine rings is 2. The second kappa shape index (κ2) is 9.87. The maximum atomic E-state index is 14.1. The lowest BCUT2D eigenvalue weighted by molar-refractivity contribution is -0.146. The average Bonchev–Trinajstić information content (AvgIpc) is 3.36. The van der Waals surface area contributed by atoms with Crippen molar-refractivity contribution < 1.29 is 19.1 Å². The van der Waals surface area contributed by atoms with Crippen molar-refractivity contribution in [2.45, 2.75) is 59.2 Å². The van der Waals surface area contributed by atoms with Crippen molar-refractivity contribution in [1.82, 2.24) is 25.5 Å². The number of amides is 3. The Morgan fingerprint density at radius 1 is 1.15 bits per heavy atom. The van der Waals surface area contributed by atoms with Crippen molar-refractivity contribution >= 4 is 28.5 Å². The molecule has 1 aliphatic carbocycles. The predicted octanol–water partition coefficient (Wildman–Crippen LogP) is 2.36. The number of carbonyl (C=O) groups excluding carboxylic acids is 3. The number of piperidine rings is 1. The van der Waals surface area contributed by atoms with Gasteiger partial charge in [0.05, 0.1) is 18.6 Å². The van der Waals surface area contributed by atoms with Crippen LogP contribution < -0.4 is 10.6 Å². The van der Waals surface area contributed by atoms with E-state index >= 15 is 0 Å². The number of ether oxygens (including phenoxy) is 1. The number of fused-ring (bicyclic) bond motifs is 2. The molecule has 3 aliphatic rings. The third-order valence-corrected chi connectivity index (χ3v) is 8.78. The Hall–Kier alpha value is -3.58. The summed E-state index contributed by atoms with van der Waals surface area (Å²) in [4.78, 5) is 50.9. The molecular weight excluding hydrogens is 496 g/mol. The van der Waals surface area contributed by atoms with Crippen LogP contribution in [0.25, 0.3) is 10.8 Å². The molecule has 10 nitrogen and oxygen atoms in total. The van der Waals surface area contributed by atoms with E-state index in [0.29, 0.717) is 31.7 Å². The molecule has 1 saturated carbocycles. The van der Waals surface area contributed by atoms with Crippen LogP contribution in [0.1, 0.15) is 52.6 Å². The van der Waals surface area contributed by atoms with Gasteiger partial charge in [0.15, 0.2) is 0 Å². The molecule has 0 spiro atoms. The summed E-state index contributed by atoms with van der Waals surface area (Å²) in [5.41, 5.74) is -0.127. The molecule has 0 radical (unpaired) electrons. The molecule has 4 heterocycles. The monoisotopic (exact) mass is 532 g/mol. The summed E-state index contributed by atoms with van der Waals surface area (Å²) in [5.74, 6) is -1.01. The number of nitrogens with zero attached hydrogens (tertiary/aromatic N) is 4. The van der Waals surface area contributed by atoms with E-state index in [1.165, 1.54) is 0 Å². The predicted molar refractivity (Wildman–Crippen MR) is 143 cm³/mol. The molecule has 0 aromatic carbocycles. The summed E-state index contributed by atoms with van der Waals surface area (Å²) in [6.45, 7) is 11.2. The Bertz CT molecular complexity index is 1330.